The second-order valence-corrected chi connectivity index (χ2v) is 8.35. The second kappa shape index (κ2) is 9.25. The minimum Gasteiger partial charge on any atom is -0.338 e. The van der Waals surface area contributed by atoms with Crippen LogP contribution in [0.5, 0.6) is 0 Å². The highest BCUT2D eigenvalue weighted by atomic mass is 16.2. The lowest BCUT2D eigenvalue weighted by Gasteiger charge is -2.21. The Kier molecular flexibility index (Phi) is 6.22. The summed E-state index contributed by atoms with van der Waals surface area (Å²) in [5.41, 5.74) is 6.65. The van der Waals surface area contributed by atoms with Crippen LogP contribution in [0.2, 0.25) is 0 Å². The van der Waals surface area contributed by atoms with Crippen LogP contribution in [0.25, 0.3) is 11.3 Å². The molecule has 0 spiro atoms. The van der Waals surface area contributed by atoms with E-state index in [1.165, 1.54) is 6.07 Å². The van der Waals surface area contributed by atoms with Gasteiger partial charge in [-0.25, -0.2) is 0 Å². The summed E-state index contributed by atoms with van der Waals surface area (Å²) in [5, 5.41) is 2.98. The summed E-state index contributed by atoms with van der Waals surface area (Å²) in [6, 6.07) is 20.9. The molecule has 2 aromatic heterocycles. The van der Waals surface area contributed by atoms with Gasteiger partial charge in [-0.15, -0.1) is 0 Å². The van der Waals surface area contributed by atoms with Crippen molar-refractivity contribution in [2.45, 2.75) is 34.2 Å². The summed E-state index contributed by atoms with van der Waals surface area (Å²) < 4.78 is 2.00. The van der Waals surface area contributed by atoms with Gasteiger partial charge in [0.05, 0.1) is 17.9 Å². The van der Waals surface area contributed by atoms with Gasteiger partial charge in [-0.05, 0) is 68.7 Å². The summed E-state index contributed by atoms with van der Waals surface area (Å²) in [6.07, 6.45) is 1.74. The van der Waals surface area contributed by atoms with Crippen molar-refractivity contribution in [2.24, 2.45) is 0 Å². The molecule has 4 rings (SSSR count). The van der Waals surface area contributed by atoms with Crippen molar-refractivity contribution in [2.75, 3.05) is 5.32 Å². The van der Waals surface area contributed by atoms with Gasteiger partial charge >= 0.3 is 0 Å². The number of rotatable bonds is 5. The minimum atomic E-state index is -0.417. The average Bonchev–Trinajstić information content (AvgIpc) is 2.79. The number of aromatic nitrogens is 2. The van der Waals surface area contributed by atoms with Crippen LogP contribution in [-0.2, 0) is 6.54 Å². The van der Waals surface area contributed by atoms with Gasteiger partial charge in [-0.3, -0.25) is 14.6 Å². The van der Waals surface area contributed by atoms with Gasteiger partial charge in [0.25, 0.3) is 5.91 Å². The first kappa shape index (κ1) is 22.2. The third-order valence-corrected chi connectivity index (χ3v) is 5.94. The standard InChI is InChI=1S/C28H27N3O2/c1-18-9-7-11-22(15-18)27-26(28(33)30-24-13-8-10-19(2)21(24)4)25(32)16-20(3)31(27)17-23-12-5-6-14-29-23/h5-16H,17H2,1-4H3,(H,30,33). The number of carbonyl (C=O) groups excluding carboxylic acids is 1. The van der Waals surface area contributed by atoms with Crippen LogP contribution in [0.3, 0.4) is 0 Å². The van der Waals surface area contributed by atoms with E-state index >= 15 is 0 Å². The SMILES string of the molecule is Cc1cccc(-c2c(C(=O)Nc3cccc(C)c3C)c(=O)cc(C)n2Cc2ccccn2)c1. The van der Waals surface area contributed by atoms with Gasteiger partial charge in [0.2, 0.25) is 0 Å². The van der Waals surface area contributed by atoms with E-state index in [-0.39, 0.29) is 11.0 Å². The number of carbonyl (C=O) groups is 1. The lowest BCUT2D eigenvalue weighted by molar-refractivity contribution is 0.102. The molecular weight excluding hydrogens is 410 g/mol. The predicted molar refractivity (Wildman–Crippen MR) is 133 cm³/mol. The van der Waals surface area contributed by atoms with E-state index in [4.69, 9.17) is 0 Å². The Morgan fingerprint density at radius 2 is 1.73 bits per heavy atom. The van der Waals surface area contributed by atoms with Crippen LogP contribution >= 0.6 is 0 Å². The fourth-order valence-corrected chi connectivity index (χ4v) is 4.01. The predicted octanol–water partition coefficient (Wildman–Crippen LogP) is 5.44. The van der Waals surface area contributed by atoms with Crippen LogP contribution in [-0.4, -0.2) is 15.5 Å². The largest absolute Gasteiger partial charge is 0.338 e. The number of amides is 1. The molecule has 0 unspecified atom stereocenters. The maximum Gasteiger partial charge on any atom is 0.261 e. The average molecular weight is 438 g/mol. The third-order valence-electron chi connectivity index (χ3n) is 5.94. The fourth-order valence-electron chi connectivity index (χ4n) is 4.01. The van der Waals surface area contributed by atoms with Gasteiger partial charge < -0.3 is 9.88 Å². The molecule has 5 nitrogen and oxygen atoms in total. The molecule has 0 aliphatic heterocycles. The zero-order chi connectivity index (χ0) is 23.5. The first-order chi connectivity index (χ1) is 15.8. The van der Waals surface area contributed by atoms with E-state index < -0.39 is 5.91 Å². The van der Waals surface area contributed by atoms with Gasteiger partial charge in [0, 0.05) is 23.6 Å². The number of hydrogen-bond donors (Lipinski definition) is 1. The first-order valence-corrected chi connectivity index (χ1v) is 10.9. The van der Waals surface area contributed by atoms with Crippen molar-refractivity contribution in [1.82, 2.24) is 9.55 Å². The van der Waals surface area contributed by atoms with Crippen molar-refractivity contribution in [3.8, 4) is 11.3 Å². The van der Waals surface area contributed by atoms with Crippen LogP contribution in [0.4, 0.5) is 5.69 Å². The van der Waals surface area contributed by atoms with Crippen LogP contribution < -0.4 is 10.7 Å². The number of nitrogens with zero attached hydrogens (tertiary/aromatic N) is 2. The van der Waals surface area contributed by atoms with Gasteiger partial charge in [-0.1, -0.05) is 42.0 Å². The van der Waals surface area contributed by atoms with Crippen LogP contribution in [0.15, 0.2) is 77.7 Å². The number of pyridine rings is 2. The molecule has 0 saturated heterocycles. The molecule has 1 amide bonds. The summed E-state index contributed by atoms with van der Waals surface area (Å²) in [5.74, 6) is -0.417. The van der Waals surface area contributed by atoms with Crippen LogP contribution in [0, 0.1) is 27.7 Å². The normalized spacial score (nSPS) is 10.8. The molecule has 2 heterocycles. The quantitative estimate of drug-likeness (QED) is 0.452. The molecule has 33 heavy (non-hydrogen) atoms. The molecule has 0 aliphatic carbocycles. The summed E-state index contributed by atoms with van der Waals surface area (Å²) in [7, 11) is 0. The van der Waals surface area contributed by atoms with Crippen molar-refractivity contribution in [3.63, 3.8) is 0 Å². The Hall–Kier alpha value is -3.99. The molecule has 166 valence electrons. The van der Waals surface area contributed by atoms with Gasteiger partial charge in [-0.2, -0.15) is 0 Å². The zero-order valence-corrected chi connectivity index (χ0v) is 19.3. The highest BCUT2D eigenvalue weighted by Gasteiger charge is 2.23. The molecular formula is C28H27N3O2. The monoisotopic (exact) mass is 437 g/mol. The molecule has 4 aromatic rings. The number of benzene rings is 2. The molecule has 2 aromatic carbocycles. The molecule has 0 atom stereocenters. The smallest absolute Gasteiger partial charge is 0.261 e. The van der Waals surface area contributed by atoms with Crippen molar-refractivity contribution >= 4 is 11.6 Å². The van der Waals surface area contributed by atoms with Crippen molar-refractivity contribution < 1.29 is 4.79 Å². The fraction of sp³-hybridized carbons (Fsp3) is 0.179. The summed E-state index contributed by atoms with van der Waals surface area (Å²) in [6.45, 7) is 8.28. The summed E-state index contributed by atoms with van der Waals surface area (Å²) >= 11 is 0. The maximum absolute atomic E-state index is 13.6. The lowest BCUT2D eigenvalue weighted by atomic mass is 10.0. The number of nitrogens with one attached hydrogen (secondary N) is 1. The summed E-state index contributed by atoms with van der Waals surface area (Å²) in [4.78, 5) is 31.2. The van der Waals surface area contributed by atoms with E-state index in [9.17, 15) is 9.59 Å². The van der Waals surface area contributed by atoms with Crippen molar-refractivity contribution in [1.29, 1.82) is 0 Å². The van der Waals surface area contributed by atoms with E-state index in [1.54, 1.807) is 6.20 Å². The Balaban J connectivity index is 1.92. The van der Waals surface area contributed by atoms with E-state index in [2.05, 4.69) is 10.3 Å². The number of hydrogen-bond acceptors (Lipinski definition) is 3. The van der Waals surface area contributed by atoms with E-state index in [0.29, 0.717) is 17.9 Å². The molecule has 0 bridgehead atoms. The topological polar surface area (TPSA) is 64.0 Å². The Bertz CT molecular complexity index is 1390. The molecule has 0 fully saturated rings. The number of anilines is 1. The lowest BCUT2D eigenvalue weighted by Crippen LogP contribution is -2.27. The number of aryl methyl sites for hydroxylation is 3. The highest BCUT2D eigenvalue weighted by Crippen LogP contribution is 2.27. The second-order valence-electron chi connectivity index (χ2n) is 8.35. The molecule has 0 saturated carbocycles. The van der Waals surface area contributed by atoms with Crippen molar-refractivity contribution in [3.05, 3.63) is 117 Å². The zero-order valence-electron chi connectivity index (χ0n) is 19.3. The first-order valence-electron chi connectivity index (χ1n) is 10.9. The van der Waals surface area contributed by atoms with Gasteiger partial charge in [0.1, 0.15) is 5.56 Å². The minimum absolute atomic E-state index is 0.128. The third kappa shape index (κ3) is 4.62. The molecule has 0 aliphatic rings. The van der Waals surface area contributed by atoms with E-state index in [0.717, 1.165) is 33.6 Å². The molecule has 1 N–H and O–H groups in total. The Morgan fingerprint density at radius 1 is 0.939 bits per heavy atom. The Morgan fingerprint density at radius 3 is 2.45 bits per heavy atom. The maximum atomic E-state index is 13.6. The highest BCUT2D eigenvalue weighted by molar-refractivity contribution is 6.08. The van der Waals surface area contributed by atoms with Crippen LogP contribution in [0.1, 0.15) is 38.4 Å². The molecule has 0 radical (unpaired) electrons. The molecule has 5 heteroatoms. The van der Waals surface area contributed by atoms with E-state index in [1.807, 2.05) is 92.9 Å². The van der Waals surface area contributed by atoms with Gasteiger partial charge in [0.15, 0.2) is 5.43 Å². The Labute approximate surface area is 193 Å².